The topological polar surface area (TPSA) is 102 Å². The Hall–Kier alpha value is -3.35. The normalized spacial score (nSPS) is 18.0. The summed E-state index contributed by atoms with van der Waals surface area (Å²) in [5.41, 5.74) is 10.0. The van der Waals surface area contributed by atoms with Gasteiger partial charge >= 0.3 is 6.09 Å². The van der Waals surface area contributed by atoms with E-state index in [1.807, 2.05) is 38.1 Å². The molecule has 3 N–H and O–H groups in total. The van der Waals surface area contributed by atoms with Crippen molar-refractivity contribution in [1.82, 2.24) is 10.2 Å². The zero-order chi connectivity index (χ0) is 23.5. The minimum absolute atomic E-state index is 0.0553. The average Bonchev–Trinajstić information content (AvgIpc) is 3.40. The summed E-state index contributed by atoms with van der Waals surface area (Å²) in [5.74, 6) is -0.675. The van der Waals surface area contributed by atoms with Gasteiger partial charge in [-0.05, 0) is 47.4 Å². The number of carbonyl (C=O) groups is 3. The molecule has 2 aliphatic rings. The van der Waals surface area contributed by atoms with E-state index >= 15 is 0 Å². The third-order valence-corrected chi connectivity index (χ3v) is 6.51. The van der Waals surface area contributed by atoms with Crippen LogP contribution in [0, 0.1) is 5.92 Å². The van der Waals surface area contributed by atoms with E-state index in [9.17, 15) is 14.4 Å². The lowest BCUT2D eigenvalue weighted by molar-refractivity contribution is -0.139. The Balaban J connectivity index is 1.44. The molecule has 1 saturated heterocycles. The number of alkyl carbamates (subject to hydrolysis) is 1. The van der Waals surface area contributed by atoms with Crippen molar-refractivity contribution in [3.63, 3.8) is 0 Å². The number of benzene rings is 2. The third-order valence-electron chi connectivity index (χ3n) is 6.51. The molecule has 33 heavy (non-hydrogen) atoms. The first-order valence-corrected chi connectivity index (χ1v) is 11.6. The smallest absolute Gasteiger partial charge is 0.407 e. The highest BCUT2D eigenvalue weighted by molar-refractivity contribution is 5.91. The molecule has 1 aliphatic carbocycles. The minimum Gasteiger partial charge on any atom is -0.449 e. The molecule has 174 valence electrons. The van der Waals surface area contributed by atoms with Gasteiger partial charge < -0.3 is 20.7 Å². The van der Waals surface area contributed by atoms with Crippen molar-refractivity contribution in [2.75, 3.05) is 13.2 Å². The molecule has 2 aromatic rings. The van der Waals surface area contributed by atoms with E-state index in [1.54, 1.807) is 0 Å². The van der Waals surface area contributed by atoms with E-state index < -0.39 is 24.1 Å². The highest BCUT2D eigenvalue weighted by Crippen LogP contribution is 2.44. The van der Waals surface area contributed by atoms with Gasteiger partial charge in [-0.15, -0.1) is 0 Å². The Morgan fingerprint density at radius 2 is 1.67 bits per heavy atom. The summed E-state index contributed by atoms with van der Waals surface area (Å²) in [6.45, 7) is 4.61. The zero-order valence-electron chi connectivity index (χ0n) is 19.1. The number of fused-ring (bicyclic) bond motifs is 3. The van der Waals surface area contributed by atoms with Gasteiger partial charge in [0.1, 0.15) is 18.7 Å². The van der Waals surface area contributed by atoms with Gasteiger partial charge in [0.05, 0.1) is 0 Å². The second-order valence-electron chi connectivity index (χ2n) is 9.24. The summed E-state index contributed by atoms with van der Waals surface area (Å²) in [6.07, 6.45) is 1.09. The van der Waals surface area contributed by atoms with Crippen LogP contribution in [0.3, 0.4) is 0 Å². The molecule has 0 spiro atoms. The summed E-state index contributed by atoms with van der Waals surface area (Å²) in [4.78, 5) is 39.2. The number of hydrogen-bond acceptors (Lipinski definition) is 4. The van der Waals surface area contributed by atoms with Crippen LogP contribution in [0.1, 0.15) is 50.2 Å². The molecule has 0 bridgehead atoms. The fraction of sp³-hybridized carbons (Fsp3) is 0.423. The number of nitrogens with one attached hydrogen (secondary N) is 1. The highest BCUT2D eigenvalue weighted by Gasteiger charge is 2.37. The minimum atomic E-state index is -0.763. The van der Waals surface area contributed by atoms with Crippen LogP contribution in [0.15, 0.2) is 48.5 Å². The van der Waals surface area contributed by atoms with Crippen molar-refractivity contribution in [2.24, 2.45) is 11.7 Å². The van der Waals surface area contributed by atoms with Crippen molar-refractivity contribution in [1.29, 1.82) is 0 Å². The molecule has 1 heterocycles. The maximum absolute atomic E-state index is 13.2. The van der Waals surface area contributed by atoms with Crippen LogP contribution in [0.4, 0.5) is 4.79 Å². The first kappa shape index (κ1) is 22.8. The van der Waals surface area contributed by atoms with Crippen LogP contribution < -0.4 is 11.1 Å². The number of rotatable bonds is 7. The number of amides is 3. The second kappa shape index (κ2) is 9.65. The van der Waals surface area contributed by atoms with Crippen molar-refractivity contribution in [3.05, 3.63) is 59.7 Å². The predicted molar refractivity (Wildman–Crippen MR) is 125 cm³/mol. The largest absolute Gasteiger partial charge is 0.449 e. The third kappa shape index (κ3) is 4.72. The van der Waals surface area contributed by atoms with E-state index in [1.165, 1.54) is 4.90 Å². The van der Waals surface area contributed by atoms with Crippen LogP contribution in [0.25, 0.3) is 11.1 Å². The summed E-state index contributed by atoms with van der Waals surface area (Å²) in [6, 6.07) is 14.9. The molecule has 2 atom stereocenters. The zero-order valence-corrected chi connectivity index (χ0v) is 19.1. The van der Waals surface area contributed by atoms with Crippen LogP contribution in [-0.4, -0.2) is 48.0 Å². The fourth-order valence-corrected chi connectivity index (χ4v) is 5.00. The van der Waals surface area contributed by atoms with Gasteiger partial charge in [-0.3, -0.25) is 9.59 Å². The van der Waals surface area contributed by atoms with Crippen molar-refractivity contribution in [3.8, 4) is 11.1 Å². The second-order valence-corrected chi connectivity index (χ2v) is 9.24. The van der Waals surface area contributed by atoms with Crippen molar-refractivity contribution >= 4 is 17.9 Å². The fourth-order valence-electron chi connectivity index (χ4n) is 5.00. The molecule has 3 amide bonds. The summed E-state index contributed by atoms with van der Waals surface area (Å²) < 4.78 is 5.63. The van der Waals surface area contributed by atoms with Gasteiger partial charge in [0.2, 0.25) is 11.8 Å². The summed E-state index contributed by atoms with van der Waals surface area (Å²) in [7, 11) is 0. The van der Waals surface area contributed by atoms with Crippen molar-refractivity contribution in [2.45, 2.75) is 51.1 Å². The van der Waals surface area contributed by atoms with Crippen LogP contribution in [0.2, 0.25) is 0 Å². The van der Waals surface area contributed by atoms with Crippen LogP contribution in [-0.2, 0) is 14.3 Å². The van der Waals surface area contributed by atoms with Crippen LogP contribution in [0.5, 0.6) is 0 Å². The van der Waals surface area contributed by atoms with E-state index in [0.29, 0.717) is 19.4 Å². The molecular formula is C26H31N3O4. The average molecular weight is 450 g/mol. The molecule has 0 saturated carbocycles. The quantitative estimate of drug-likeness (QED) is 0.676. The van der Waals surface area contributed by atoms with E-state index in [2.05, 4.69) is 29.6 Å². The lowest BCUT2D eigenvalue weighted by atomic mass is 9.98. The number of nitrogens with zero attached hydrogens (tertiary/aromatic N) is 1. The molecule has 1 aliphatic heterocycles. The van der Waals surface area contributed by atoms with E-state index in [4.69, 9.17) is 10.5 Å². The Bertz CT molecular complexity index is 1010. The van der Waals surface area contributed by atoms with E-state index in [-0.39, 0.29) is 24.3 Å². The maximum atomic E-state index is 13.2. The number of carbonyl (C=O) groups excluding carboxylic acids is 3. The molecule has 0 aromatic heterocycles. The molecule has 1 fully saturated rings. The highest BCUT2D eigenvalue weighted by atomic mass is 16.5. The number of ether oxygens (including phenoxy) is 1. The van der Waals surface area contributed by atoms with Gasteiger partial charge in [0, 0.05) is 12.5 Å². The lowest BCUT2D eigenvalue weighted by Gasteiger charge is -2.28. The summed E-state index contributed by atoms with van der Waals surface area (Å²) in [5, 5.41) is 2.75. The molecule has 7 heteroatoms. The summed E-state index contributed by atoms with van der Waals surface area (Å²) >= 11 is 0. The van der Waals surface area contributed by atoms with Gasteiger partial charge in [0.25, 0.3) is 0 Å². The van der Waals surface area contributed by atoms with Crippen molar-refractivity contribution < 1.29 is 19.1 Å². The lowest BCUT2D eigenvalue weighted by Crippen LogP contribution is -2.53. The van der Waals surface area contributed by atoms with Gasteiger partial charge in [-0.2, -0.15) is 0 Å². The molecule has 2 aromatic carbocycles. The standard InChI is InChI=1S/C26H31N3O4/c1-16(2)14-22(25(31)29-13-7-12-23(29)24(27)30)28-26(32)33-15-21-19-10-5-3-8-17(19)18-9-4-6-11-20(18)21/h3-6,8-11,16,21-23H,7,12-15H2,1-2H3,(H2,27,30)(H,28,32)/t22-,23-/m0/s1. The number of likely N-dealkylation sites (tertiary alicyclic amines) is 1. The predicted octanol–water partition coefficient (Wildman–Crippen LogP) is 3.42. The Labute approximate surface area is 194 Å². The first-order valence-electron chi connectivity index (χ1n) is 11.6. The molecule has 4 rings (SSSR count). The monoisotopic (exact) mass is 449 g/mol. The number of primary amides is 1. The Morgan fingerprint density at radius 3 is 2.24 bits per heavy atom. The van der Waals surface area contributed by atoms with Gasteiger partial charge in [0.15, 0.2) is 0 Å². The maximum Gasteiger partial charge on any atom is 0.407 e. The van der Waals surface area contributed by atoms with Gasteiger partial charge in [-0.1, -0.05) is 62.4 Å². The number of nitrogens with two attached hydrogens (primary N) is 1. The SMILES string of the molecule is CC(C)C[C@H](NC(=O)OCC1c2ccccc2-c2ccccc21)C(=O)N1CCC[C@H]1C(N)=O. The van der Waals surface area contributed by atoms with Crippen LogP contribution >= 0.6 is 0 Å². The molecular weight excluding hydrogens is 418 g/mol. The Kier molecular flexibility index (Phi) is 6.67. The van der Waals surface area contributed by atoms with E-state index in [0.717, 1.165) is 28.7 Å². The number of hydrogen-bond donors (Lipinski definition) is 2. The molecule has 7 nitrogen and oxygen atoms in total. The molecule has 0 radical (unpaired) electrons. The first-order chi connectivity index (χ1) is 15.9. The Morgan fingerprint density at radius 1 is 1.06 bits per heavy atom. The van der Waals surface area contributed by atoms with Gasteiger partial charge in [-0.25, -0.2) is 4.79 Å². The molecule has 0 unspecified atom stereocenters.